The number of rotatable bonds is 6. The molecular formula is C24H31N5O2. The summed E-state index contributed by atoms with van der Waals surface area (Å²) in [5.41, 5.74) is 7.75. The lowest BCUT2D eigenvalue weighted by molar-refractivity contribution is -0.116. The summed E-state index contributed by atoms with van der Waals surface area (Å²) in [6.07, 6.45) is 9.85. The van der Waals surface area contributed by atoms with Crippen LogP contribution in [0.5, 0.6) is 0 Å². The molecule has 31 heavy (non-hydrogen) atoms. The van der Waals surface area contributed by atoms with E-state index in [0.717, 1.165) is 19.0 Å². The van der Waals surface area contributed by atoms with Crippen LogP contribution in [0.15, 0.2) is 42.6 Å². The molecule has 1 aromatic heterocycles. The van der Waals surface area contributed by atoms with Crippen LogP contribution in [-0.4, -0.2) is 40.8 Å². The lowest BCUT2D eigenvalue weighted by Crippen LogP contribution is -2.47. The Morgan fingerprint density at radius 2 is 1.84 bits per heavy atom. The van der Waals surface area contributed by atoms with Crippen LogP contribution < -0.4 is 16.4 Å². The molecule has 1 saturated carbocycles. The number of anilines is 3. The molecule has 2 amide bonds. The maximum Gasteiger partial charge on any atom is 0.274 e. The highest BCUT2D eigenvalue weighted by Crippen LogP contribution is 2.35. The number of carbonyl (C=O) groups is 2. The molecule has 0 unspecified atom stereocenters. The Morgan fingerprint density at radius 3 is 2.65 bits per heavy atom. The average Bonchev–Trinajstić information content (AvgIpc) is 2.79. The molecule has 4 N–H and O–H groups in total. The molecule has 2 aromatic rings. The average molecular weight is 422 g/mol. The number of aromatic nitrogens is 1. The van der Waals surface area contributed by atoms with E-state index >= 15 is 0 Å². The summed E-state index contributed by atoms with van der Waals surface area (Å²) in [7, 11) is 0. The topological polar surface area (TPSA) is 100 Å². The van der Waals surface area contributed by atoms with E-state index in [-0.39, 0.29) is 17.5 Å². The molecule has 164 valence electrons. The van der Waals surface area contributed by atoms with Crippen molar-refractivity contribution in [3.63, 3.8) is 0 Å². The fraction of sp³-hybridized carbons (Fsp3) is 0.458. The van der Waals surface area contributed by atoms with Crippen molar-refractivity contribution < 1.29 is 9.59 Å². The van der Waals surface area contributed by atoms with Gasteiger partial charge >= 0.3 is 0 Å². The van der Waals surface area contributed by atoms with Gasteiger partial charge in [0, 0.05) is 19.0 Å². The minimum atomic E-state index is -0.345. The van der Waals surface area contributed by atoms with E-state index in [2.05, 4.69) is 20.5 Å². The number of benzene rings is 1. The van der Waals surface area contributed by atoms with Crippen LogP contribution in [0.1, 0.15) is 55.4 Å². The van der Waals surface area contributed by atoms with E-state index < -0.39 is 0 Å². The Hall–Kier alpha value is -2.93. The quantitative estimate of drug-likeness (QED) is 0.614. The number of nitrogen functional groups attached to an aromatic ring is 1. The molecule has 1 aliphatic heterocycles. The summed E-state index contributed by atoms with van der Waals surface area (Å²) in [6.45, 7) is 1.91. The second kappa shape index (κ2) is 9.92. The van der Waals surface area contributed by atoms with Crippen molar-refractivity contribution in [3.05, 3.63) is 48.3 Å². The number of nitrogens with zero attached hydrogens (tertiary/aromatic N) is 2. The van der Waals surface area contributed by atoms with Gasteiger partial charge in [0.1, 0.15) is 5.69 Å². The monoisotopic (exact) mass is 421 g/mol. The van der Waals surface area contributed by atoms with Crippen molar-refractivity contribution in [2.75, 3.05) is 29.5 Å². The smallest absolute Gasteiger partial charge is 0.274 e. The van der Waals surface area contributed by atoms with E-state index in [1.165, 1.54) is 44.7 Å². The van der Waals surface area contributed by atoms with Gasteiger partial charge in [-0.15, -0.1) is 0 Å². The van der Waals surface area contributed by atoms with Gasteiger partial charge in [-0.25, -0.2) is 4.98 Å². The maximum atomic E-state index is 12.5. The van der Waals surface area contributed by atoms with Gasteiger partial charge in [-0.3, -0.25) is 14.5 Å². The normalized spacial score (nSPS) is 21.2. The molecule has 0 radical (unpaired) electrons. The van der Waals surface area contributed by atoms with Gasteiger partial charge in [-0.2, -0.15) is 0 Å². The predicted octanol–water partition coefficient (Wildman–Crippen LogP) is 3.90. The Bertz CT molecular complexity index is 912. The minimum absolute atomic E-state index is 0.0195. The van der Waals surface area contributed by atoms with Crippen molar-refractivity contribution in [1.82, 2.24) is 9.88 Å². The molecule has 4 rings (SSSR count). The third-order valence-corrected chi connectivity index (χ3v) is 6.47. The molecular weight excluding hydrogens is 390 g/mol. The number of carbonyl (C=O) groups excluding carboxylic acids is 2. The first-order valence-corrected chi connectivity index (χ1v) is 11.3. The number of para-hydroxylation sites is 2. The van der Waals surface area contributed by atoms with Gasteiger partial charge in [0.15, 0.2) is 0 Å². The Labute approximate surface area is 183 Å². The van der Waals surface area contributed by atoms with E-state index in [9.17, 15) is 9.59 Å². The van der Waals surface area contributed by atoms with E-state index in [4.69, 9.17) is 5.73 Å². The number of hydrogen-bond donors (Lipinski definition) is 3. The molecule has 1 aliphatic carbocycles. The summed E-state index contributed by atoms with van der Waals surface area (Å²) >= 11 is 0. The van der Waals surface area contributed by atoms with Gasteiger partial charge in [-0.05, 0) is 62.4 Å². The summed E-state index contributed by atoms with van der Waals surface area (Å²) in [5.74, 6) is 0.455. The lowest BCUT2D eigenvalue weighted by atomic mass is 9.78. The van der Waals surface area contributed by atoms with Crippen molar-refractivity contribution in [2.24, 2.45) is 5.92 Å². The zero-order valence-electron chi connectivity index (χ0n) is 17.8. The second-order valence-corrected chi connectivity index (χ2v) is 8.56. The summed E-state index contributed by atoms with van der Waals surface area (Å²) in [6, 6.07) is 11.0. The number of hydrogen-bond acceptors (Lipinski definition) is 5. The zero-order valence-corrected chi connectivity index (χ0v) is 17.8. The molecule has 0 spiro atoms. The van der Waals surface area contributed by atoms with Gasteiger partial charge < -0.3 is 16.4 Å². The first kappa shape index (κ1) is 21.3. The van der Waals surface area contributed by atoms with Gasteiger partial charge in [0.2, 0.25) is 5.91 Å². The fourth-order valence-electron chi connectivity index (χ4n) is 4.87. The zero-order chi connectivity index (χ0) is 21.6. The summed E-state index contributed by atoms with van der Waals surface area (Å²) in [4.78, 5) is 31.5. The highest BCUT2D eigenvalue weighted by atomic mass is 16.2. The molecule has 1 aromatic carbocycles. The highest BCUT2D eigenvalue weighted by Gasteiger charge is 2.32. The van der Waals surface area contributed by atoms with Crippen molar-refractivity contribution >= 4 is 28.9 Å². The van der Waals surface area contributed by atoms with E-state index in [1.54, 1.807) is 36.4 Å². The number of nitrogens with one attached hydrogen (secondary N) is 2. The number of piperidine rings is 1. The number of amides is 2. The molecule has 2 atom stereocenters. The molecule has 1 saturated heterocycles. The SMILES string of the molecule is Nc1ccccc1NC(=O)c1ccc(NC(=O)CCN2CCC[C@@H]3CCCC[C@@H]32)cn1. The highest BCUT2D eigenvalue weighted by molar-refractivity contribution is 6.04. The number of nitrogens with two attached hydrogens (primary N) is 1. The summed E-state index contributed by atoms with van der Waals surface area (Å²) in [5, 5.41) is 5.65. The summed E-state index contributed by atoms with van der Waals surface area (Å²) < 4.78 is 0. The third-order valence-electron chi connectivity index (χ3n) is 6.47. The van der Waals surface area contributed by atoms with Crippen LogP contribution in [-0.2, 0) is 4.79 Å². The first-order chi connectivity index (χ1) is 15.1. The van der Waals surface area contributed by atoms with Gasteiger partial charge in [0.05, 0.1) is 23.3 Å². The Kier molecular flexibility index (Phi) is 6.82. The van der Waals surface area contributed by atoms with Gasteiger partial charge in [0.25, 0.3) is 5.91 Å². The standard InChI is InChI=1S/C24H31N5O2/c25-19-8-2-3-9-20(19)28-24(31)21-12-11-18(16-26-21)27-23(30)13-15-29-14-5-7-17-6-1-4-10-22(17)29/h2-3,8-9,11-12,16-17,22H,1,4-7,10,13-15,25H2,(H,27,30)(H,28,31)/t17-,22-/m0/s1. The van der Waals surface area contributed by atoms with Crippen LogP contribution in [0.2, 0.25) is 0 Å². The molecule has 7 heteroatoms. The Morgan fingerprint density at radius 1 is 1.03 bits per heavy atom. The first-order valence-electron chi connectivity index (χ1n) is 11.3. The molecule has 7 nitrogen and oxygen atoms in total. The van der Waals surface area contributed by atoms with Crippen LogP contribution in [0.4, 0.5) is 17.1 Å². The van der Waals surface area contributed by atoms with Crippen LogP contribution in [0.25, 0.3) is 0 Å². The van der Waals surface area contributed by atoms with Crippen LogP contribution in [0, 0.1) is 5.92 Å². The Balaban J connectivity index is 1.27. The number of pyridine rings is 1. The third kappa shape index (κ3) is 5.41. The van der Waals surface area contributed by atoms with Crippen molar-refractivity contribution in [3.8, 4) is 0 Å². The van der Waals surface area contributed by atoms with Crippen molar-refractivity contribution in [2.45, 2.75) is 51.0 Å². The second-order valence-electron chi connectivity index (χ2n) is 8.56. The maximum absolute atomic E-state index is 12.5. The van der Waals surface area contributed by atoms with Crippen molar-refractivity contribution in [1.29, 1.82) is 0 Å². The van der Waals surface area contributed by atoms with Crippen LogP contribution >= 0.6 is 0 Å². The molecule has 2 fully saturated rings. The molecule has 2 heterocycles. The largest absolute Gasteiger partial charge is 0.397 e. The van der Waals surface area contributed by atoms with E-state index in [0.29, 0.717) is 29.5 Å². The molecule has 2 aliphatic rings. The lowest BCUT2D eigenvalue weighted by Gasteiger charge is -2.44. The van der Waals surface area contributed by atoms with E-state index in [1.807, 2.05) is 0 Å². The minimum Gasteiger partial charge on any atom is -0.397 e. The van der Waals surface area contributed by atoms with Gasteiger partial charge in [-0.1, -0.05) is 25.0 Å². The number of likely N-dealkylation sites (tertiary alicyclic amines) is 1. The van der Waals surface area contributed by atoms with Crippen LogP contribution in [0.3, 0.4) is 0 Å². The molecule has 0 bridgehead atoms. The fourth-order valence-corrected chi connectivity index (χ4v) is 4.87. The number of fused-ring (bicyclic) bond motifs is 1. The predicted molar refractivity (Wildman–Crippen MR) is 123 cm³/mol.